The lowest BCUT2D eigenvalue weighted by molar-refractivity contribution is -0.120. The van der Waals surface area contributed by atoms with Crippen molar-refractivity contribution in [1.29, 1.82) is 0 Å². The maximum Gasteiger partial charge on any atom is 0.229 e. The van der Waals surface area contributed by atoms with Gasteiger partial charge >= 0.3 is 0 Å². The van der Waals surface area contributed by atoms with Gasteiger partial charge in [0, 0.05) is 42.6 Å². The molecule has 1 amide bonds. The highest BCUT2D eigenvalue weighted by Crippen LogP contribution is 2.37. The first kappa shape index (κ1) is 23.6. The molecule has 6 rings (SSSR count). The molecule has 1 atom stereocenters. The van der Waals surface area contributed by atoms with E-state index in [9.17, 15) is 4.79 Å². The number of hydrogen-bond donors (Lipinski definition) is 3. The Labute approximate surface area is 219 Å². The third kappa shape index (κ3) is 5.05. The molecule has 0 radical (unpaired) electrons. The van der Waals surface area contributed by atoms with Crippen LogP contribution in [0.25, 0.3) is 22.5 Å². The van der Waals surface area contributed by atoms with Gasteiger partial charge in [-0.1, -0.05) is 48.0 Å². The van der Waals surface area contributed by atoms with E-state index in [1.54, 1.807) is 6.20 Å². The molecule has 4 aromatic rings. The Morgan fingerprint density at radius 3 is 2.78 bits per heavy atom. The van der Waals surface area contributed by atoms with Gasteiger partial charge in [0.2, 0.25) is 11.7 Å². The molecule has 188 valence electrons. The normalized spacial score (nSPS) is 17.0. The number of benzene rings is 2. The molecule has 1 fully saturated rings. The molecule has 37 heavy (non-hydrogen) atoms. The average molecular weight is 515 g/mol. The van der Waals surface area contributed by atoms with Crippen molar-refractivity contribution in [3.8, 4) is 22.5 Å². The van der Waals surface area contributed by atoms with Gasteiger partial charge in [-0.05, 0) is 59.8 Å². The van der Waals surface area contributed by atoms with Gasteiger partial charge in [0.15, 0.2) is 0 Å². The summed E-state index contributed by atoms with van der Waals surface area (Å²) in [4.78, 5) is 19.5. The van der Waals surface area contributed by atoms with Crippen LogP contribution in [0.5, 0.6) is 0 Å². The zero-order valence-corrected chi connectivity index (χ0v) is 21.0. The molecule has 2 aliphatic rings. The van der Waals surface area contributed by atoms with E-state index >= 15 is 0 Å². The Morgan fingerprint density at radius 2 is 2.00 bits per heavy atom. The molecule has 2 aromatic heterocycles. The van der Waals surface area contributed by atoms with Crippen molar-refractivity contribution >= 4 is 29.0 Å². The van der Waals surface area contributed by atoms with Crippen LogP contribution in [0.15, 0.2) is 54.7 Å². The number of aromatic nitrogens is 5. The number of halogens is 1. The van der Waals surface area contributed by atoms with E-state index in [-0.39, 0.29) is 11.8 Å². The van der Waals surface area contributed by atoms with Gasteiger partial charge in [0.05, 0.1) is 10.9 Å². The van der Waals surface area contributed by atoms with Crippen LogP contribution in [0, 0.1) is 5.92 Å². The Kier molecular flexibility index (Phi) is 6.55. The lowest BCUT2D eigenvalue weighted by Gasteiger charge is -2.22. The number of rotatable bonds is 6. The maximum absolute atomic E-state index is 12.7. The largest absolute Gasteiger partial charge is 0.367 e. The lowest BCUT2D eigenvalue weighted by Crippen LogP contribution is -2.37. The summed E-state index contributed by atoms with van der Waals surface area (Å²) in [6.45, 7) is 3.41. The number of aromatic amines is 1. The first-order chi connectivity index (χ1) is 18.1. The fraction of sp³-hybridized carbons (Fsp3) is 0.296. The van der Waals surface area contributed by atoms with Crippen molar-refractivity contribution in [3.63, 3.8) is 0 Å². The summed E-state index contributed by atoms with van der Waals surface area (Å²) in [6, 6.07) is 16.6. The quantitative estimate of drug-likeness (QED) is 0.355. The van der Waals surface area contributed by atoms with Gasteiger partial charge in [0.1, 0.15) is 5.82 Å². The summed E-state index contributed by atoms with van der Waals surface area (Å²) >= 11 is 6.57. The predicted octanol–water partition coefficient (Wildman–Crippen LogP) is 4.08. The number of tetrazole rings is 1. The van der Waals surface area contributed by atoms with Crippen LogP contribution in [-0.4, -0.2) is 51.1 Å². The summed E-state index contributed by atoms with van der Waals surface area (Å²) < 4.78 is 0. The molecule has 4 heterocycles. The van der Waals surface area contributed by atoms with Crippen LogP contribution in [0.4, 0.5) is 11.5 Å². The van der Waals surface area contributed by atoms with Crippen LogP contribution in [0.3, 0.4) is 0 Å². The smallest absolute Gasteiger partial charge is 0.229 e. The monoisotopic (exact) mass is 514 g/mol. The number of hydrogen-bond acceptors (Lipinski definition) is 7. The minimum atomic E-state index is -0.0375. The van der Waals surface area contributed by atoms with Crippen LogP contribution >= 0.6 is 11.6 Å². The molecule has 2 aliphatic heterocycles. The molecule has 0 spiro atoms. The fourth-order valence-electron chi connectivity index (χ4n) is 5.07. The topological polar surface area (TPSA) is 112 Å². The highest BCUT2D eigenvalue weighted by Gasteiger charge is 2.23. The van der Waals surface area contributed by atoms with Crippen molar-refractivity contribution in [2.45, 2.75) is 25.8 Å². The molecule has 1 unspecified atom stereocenters. The number of carbonyl (C=O) groups is 1. The van der Waals surface area contributed by atoms with Crippen LogP contribution in [-0.2, 0) is 17.8 Å². The predicted molar refractivity (Wildman–Crippen MR) is 143 cm³/mol. The van der Waals surface area contributed by atoms with Crippen LogP contribution in [0.2, 0.25) is 5.02 Å². The van der Waals surface area contributed by atoms with Crippen molar-refractivity contribution in [3.05, 3.63) is 70.9 Å². The summed E-state index contributed by atoms with van der Waals surface area (Å²) in [7, 11) is 0. The average Bonchev–Trinajstić information content (AvgIpc) is 3.61. The van der Waals surface area contributed by atoms with Crippen molar-refractivity contribution < 1.29 is 4.79 Å². The van der Waals surface area contributed by atoms with Crippen molar-refractivity contribution in [2.75, 3.05) is 29.9 Å². The van der Waals surface area contributed by atoms with Crippen molar-refractivity contribution in [1.82, 2.24) is 30.9 Å². The van der Waals surface area contributed by atoms with Gasteiger partial charge in [-0.15, -0.1) is 10.2 Å². The number of carbonyl (C=O) groups excluding carboxylic acids is 1. The number of nitrogens with zero attached hydrogens (tertiary/aromatic N) is 5. The van der Waals surface area contributed by atoms with E-state index in [1.807, 2.05) is 18.2 Å². The minimum Gasteiger partial charge on any atom is -0.367 e. The summed E-state index contributed by atoms with van der Waals surface area (Å²) in [5, 5.41) is 21.0. The molecule has 9 nitrogen and oxygen atoms in total. The van der Waals surface area contributed by atoms with E-state index < -0.39 is 0 Å². The zero-order valence-electron chi connectivity index (χ0n) is 20.2. The van der Waals surface area contributed by atoms with Crippen LogP contribution < -0.4 is 15.5 Å². The number of anilines is 2. The third-order valence-electron chi connectivity index (χ3n) is 7.09. The summed E-state index contributed by atoms with van der Waals surface area (Å²) in [5.41, 5.74) is 6.50. The molecule has 1 saturated heterocycles. The Hall–Kier alpha value is -3.82. The maximum atomic E-state index is 12.7. The van der Waals surface area contributed by atoms with E-state index in [1.165, 1.54) is 16.8 Å². The zero-order chi connectivity index (χ0) is 25.2. The van der Waals surface area contributed by atoms with Crippen molar-refractivity contribution in [2.24, 2.45) is 5.92 Å². The summed E-state index contributed by atoms with van der Waals surface area (Å²) in [6.07, 6.45) is 4.50. The Balaban J connectivity index is 1.21. The first-order valence-electron chi connectivity index (χ1n) is 12.5. The molecule has 10 heteroatoms. The molecule has 0 saturated carbocycles. The second-order valence-electron chi connectivity index (χ2n) is 9.53. The first-order valence-corrected chi connectivity index (χ1v) is 12.9. The number of H-pyrrole nitrogens is 1. The SMILES string of the molecule is O=C(Nc1cc(-c2ccc3c(c2)N(Cc2ccc(-c4nn[nH]n4)cc2)CC3)c(Cl)cn1)C1CCCNC1. The van der Waals surface area contributed by atoms with E-state index in [2.05, 4.69) is 71.5 Å². The fourth-order valence-corrected chi connectivity index (χ4v) is 5.29. The van der Waals surface area contributed by atoms with Gasteiger partial charge in [-0.25, -0.2) is 4.98 Å². The molecular formula is C27H27ClN8O. The van der Waals surface area contributed by atoms with E-state index in [0.29, 0.717) is 23.2 Å². The number of piperidine rings is 1. The minimum absolute atomic E-state index is 0.00143. The van der Waals surface area contributed by atoms with E-state index in [0.717, 1.165) is 55.6 Å². The Bertz CT molecular complexity index is 1400. The highest BCUT2D eigenvalue weighted by atomic mass is 35.5. The third-order valence-corrected chi connectivity index (χ3v) is 7.39. The molecule has 2 aromatic carbocycles. The number of fused-ring (bicyclic) bond motifs is 1. The molecule has 0 bridgehead atoms. The molecule has 3 N–H and O–H groups in total. The van der Waals surface area contributed by atoms with Crippen LogP contribution in [0.1, 0.15) is 24.0 Å². The Morgan fingerprint density at radius 1 is 1.14 bits per heavy atom. The summed E-state index contributed by atoms with van der Waals surface area (Å²) in [5.74, 6) is 1.07. The standard InChI is InChI=1S/C27H27ClN8O/c28-23-15-30-25(31-27(37)21-2-1-10-29-14-21)13-22(23)20-8-7-18-9-11-36(24(18)12-20)16-17-3-5-19(6-4-17)26-32-34-35-33-26/h3-8,12-13,15,21,29H,1-2,9-11,14,16H2,(H,30,31,37)(H,32,33,34,35). The number of amides is 1. The lowest BCUT2D eigenvalue weighted by atomic mass is 9.99. The number of pyridine rings is 1. The molecule has 0 aliphatic carbocycles. The second-order valence-corrected chi connectivity index (χ2v) is 9.94. The van der Waals surface area contributed by atoms with E-state index in [4.69, 9.17) is 11.6 Å². The molecular weight excluding hydrogens is 488 g/mol. The second kappa shape index (κ2) is 10.3. The number of nitrogens with one attached hydrogen (secondary N) is 3. The van der Waals surface area contributed by atoms with Gasteiger partial charge in [0.25, 0.3) is 0 Å². The van der Waals surface area contributed by atoms with Gasteiger partial charge < -0.3 is 15.5 Å². The van der Waals surface area contributed by atoms with Gasteiger partial charge in [-0.3, -0.25) is 4.79 Å². The van der Waals surface area contributed by atoms with Gasteiger partial charge in [-0.2, -0.15) is 5.21 Å². The highest BCUT2D eigenvalue weighted by molar-refractivity contribution is 6.33.